The zero-order valence-corrected chi connectivity index (χ0v) is 27.3. The van der Waals surface area contributed by atoms with Gasteiger partial charge in [0.05, 0.1) is 0 Å². The number of likely N-dealkylation sites (N-methyl/N-ethyl adjacent to an activating group) is 1. The van der Waals surface area contributed by atoms with E-state index in [0.29, 0.717) is 19.3 Å². The first-order valence-electron chi connectivity index (χ1n) is 15.7. The van der Waals surface area contributed by atoms with Crippen LogP contribution in [-0.2, 0) is 35.1 Å². The number of carbonyl (C=O) groups excluding carboxylic acids is 5. The fraction of sp³-hybridized carbons (Fsp3) is 0.667. The number of rotatable bonds is 9. The maximum atomic E-state index is 13.9. The SMILES string of the molecule is CCC(C)C1NC(=O)C(Cc2ccccc2)NC(=O)C(C(C)CC)N(C)C(=O)C(C(C)C)NC(=O)C(C(C)CC)OC1=O. The summed E-state index contributed by atoms with van der Waals surface area (Å²) in [4.78, 5) is 70.4. The van der Waals surface area contributed by atoms with E-state index in [1.165, 1.54) is 4.90 Å². The van der Waals surface area contributed by atoms with Crippen molar-refractivity contribution in [1.29, 1.82) is 0 Å². The maximum Gasteiger partial charge on any atom is 0.329 e. The van der Waals surface area contributed by atoms with Crippen LogP contribution in [0.3, 0.4) is 0 Å². The van der Waals surface area contributed by atoms with Gasteiger partial charge in [-0.3, -0.25) is 19.2 Å². The molecular weight excluding hydrogens is 548 g/mol. The van der Waals surface area contributed by atoms with Crippen LogP contribution in [0.4, 0.5) is 0 Å². The number of nitrogens with one attached hydrogen (secondary N) is 3. The summed E-state index contributed by atoms with van der Waals surface area (Å²) in [5.74, 6) is -4.01. The number of esters is 1. The van der Waals surface area contributed by atoms with E-state index in [1.807, 2.05) is 78.8 Å². The Labute approximate surface area is 257 Å². The summed E-state index contributed by atoms with van der Waals surface area (Å²) in [7, 11) is 1.55. The predicted octanol–water partition coefficient (Wildman–Crippen LogP) is 3.23. The lowest BCUT2D eigenvalue weighted by Crippen LogP contribution is -2.60. The van der Waals surface area contributed by atoms with Crippen molar-refractivity contribution in [3.63, 3.8) is 0 Å². The first kappa shape index (κ1) is 35.8. The van der Waals surface area contributed by atoms with E-state index in [0.717, 1.165) is 5.56 Å². The van der Waals surface area contributed by atoms with Crippen molar-refractivity contribution in [2.24, 2.45) is 23.7 Å². The van der Waals surface area contributed by atoms with E-state index < -0.39 is 59.9 Å². The first-order valence-corrected chi connectivity index (χ1v) is 15.7. The van der Waals surface area contributed by atoms with Gasteiger partial charge in [0.2, 0.25) is 17.7 Å². The molecule has 1 aliphatic rings. The second kappa shape index (κ2) is 16.4. The van der Waals surface area contributed by atoms with Crippen molar-refractivity contribution < 1.29 is 28.7 Å². The molecule has 10 nitrogen and oxygen atoms in total. The van der Waals surface area contributed by atoms with E-state index in [4.69, 9.17) is 4.74 Å². The lowest BCUT2D eigenvalue weighted by atomic mass is 9.93. The Morgan fingerprint density at radius 2 is 1.28 bits per heavy atom. The summed E-state index contributed by atoms with van der Waals surface area (Å²) < 4.78 is 5.84. The lowest BCUT2D eigenvalue weighted by Gasteiger charge is -2.36. The maximum absolute atomic E-state index is 13.9. The highest BCUT2D eigenvalue weighted by Gasteiger charge is 2.41. The van der Waals surface area contributed by atoms with Crippen LogP contribution in [0.15, 0.2) is 30.3 Å². The monoisotopic (exact) mass is 600 g/mol. The van der Waals surface area contributed by atoms with Gasteiger partial charge in [0.25, 0.3) is 5.91 Å². The standard InChI is InChI=1S/C33H52N4O6/c1-10-20(6)26-33(42)43-28(22(8)12-3)31(40)35-25(19(4)5)32(41)37(9)27(21(7)11-2)30(39)34-24(29(38)36-26)18-23-16-14-13-15-17-23/h13-17,19-22,24-28H,10-12,18H2,1-9H3,(H,34,39)(H,35,40)(H,36,38). The largest absolute Gasteiger partial charge is 0.450 e. The molecule has 0 aliphatic carbocycles. The van der Waals surface area contributed by atoms with E-state index in [9.17, 15) is 24.0 Å². The number of ether oxygens (including phenoxy) is 1. The molecule has 3 N–H and O–H groups in total. The molecule has 8 atom stereocenters. The molecule has 1 aromatic carbocycles. The van der Waals surface area contributed by atoms with E-state index >= 15 is 0 Å². The van der Waals surface area contributed by atoms with E-state index in [1.54, 1.807) is 14.0 Å². The van der Waals surface area contributed by atoms with Gasteiger partial charge >= 0.3 is 5.97 Å². The van der Waals surface area contributed by atoms with Crippen molar-refractivity contribution in [1.82, 2.24) is 20.9 Å². The Balaban J connectivity index is 2.70. The minimum absolute atomic E-state index is 0.176. The van der Waals surface area contributed by atoms with Crippen LogP contribution in [0.2, 0.25) is 0 Å². The molecule has 0 spiro atoms. The summed E-state index contributed by atoms with van der Waals surface area (Å²) in [5.41, 5.74) is 0.819. The number of hydrogen-bond donors (Lipinski definition) is 3. The highest BCUT2D eigenvalue weighted by molar-refractivity contribution is 5.96. The van der Waals surface area contributed by atoms with Gasteiger partial charge in [0.15, 0.2) is 6.10 Å². The molecule has 240 valence electrons. The van der Waals surface area contributed by atoms with Gasteiger partial charge < -0.3 is 25.6 Å². The molecule has 1 aromatic rings. The summed E-state index contributed by atoms with van der Waals surface area (Å²) >= 11 is 0. The molecule has 0 saturated carbocycles. The molecule has 8 unspecified atom stereocenters. The average Bonchev–Trinajstić information content (AvgIpc) is 2.99. The molecular formula is C33H52N4O6. The van der Waals surface area contributed by atoms with E-state index in [-0.39, 0.29) is 30.1 Å². The molecule has 1 aliphatic heterocycles. The molecule has 10 heteroatoms. The Morgan fingerprint density at radius 1 is 0.721 bits per heavy atom. The van der Waals surface area contributed by atoms with Gasteiger partial charge in [0, 0.05) is 19.4 Å². The molecule has 2 rings (SSSR count). The van der Waals surface area contributed by atoms with Crippen LogP contribution in [0.5, 0.6) is 0 Å². The number of cyclic esters (lactones) is 1. The highest BCUT2D eigenvalue weighted by atomic mass is 16.6. The zero-order valence-electron chi connectivity index (χ0n) is 27.3. The summed E-state index contributed by atoms with van der Waals surface area (Å²) in [6.45, 7) is 14.8. The highest BCUT2D eigenvalue weighted by Crippen LogP contribution is 2.21. The van der Waals surface area contributed by atoms with Gasteiger partial charge in [0.1, 0.15) is 24.2 Å². The smallest absolute Gasteiger partial charge is 0.329 e. The fourth-order valence-electron chi connectivity index (χ4n) is 5.22. The van der Waals surface area contributed by atoms with Crippen molar-refractivity contribution in [2.45, 2.75) is 111 Å². The van der Waals surface area contributed by atoms with Crippen LogP contribution in [0, 0.1) is 23.7 Å². The molecule has 0 aromatic heterocycles. The van der Waals surface area contributed by atoms with Crippen LogP contribution in [0.25, 0.3) is 0 Å². The topological polar surface area (TPSA) is 134 Å². The average molecular weight is 601 g/mol. The Kier molecular flexibility index (Phi) is 13.7. The minimum atomic E-state index is -1.17. The van der Waals surface area contributed by atoms with Gasteiger partial charge in [-0.05, 0) is 29.7 Å². The predicted molar refractivity (Wildman–Crippen MR) is 166 cm³/mol. The number of hydrogen-bond acceptors (Lipinski definition) is 6. The molecule has 1 fully saturated rings. The molecule has 4 amide bonds. The second-order valence-corrected chi connectivity index (χ2v) is 12.4. The minimum Gasteiger partial charge on any atom is -0.450 e. The number of carbonyl (C=O) groups is 5. The van der Waals surface area contributed by atoms with Crippen molar-refractivity contribution >= 4 is 29.6 Å². The summed E-state index contributed by atoms with van der Waals surface area (Å²) in [6.07, 6.45) is 0.699. The Morgan fingerprint density at radius 3 is 1.81 bits per heavy atom. The number of nitrogens with zero attached hydrogens (tertiary/aromatic N) is 1. The zero-order chi connectivity index (χ0) is 32.4. The van der Waals surface area contributed by atoms with Crippen LogP contribution in [-0.4, -0.2) is 71.8 Å². The molecule has 43 heavy (non-hydrogen) atoms. The van der Waals surface area contributed by atoms with Gasteiger partial charge in [-0.25, -0.2) is 4.79 Å². The first-order chi connectivity index (χ1) is 20.3. The normalized spacial score (nSPS) is 26.8. The fourth-order valence-corrected chi connectivity index (χ4v) is 5.22. The number of amides is 4. The number of benzene rings is 1. The summed E-state index contributed by atoms with van der Waals surface area (Å²) in [6, 6.07) is 5.34. The third-order valence-electron chi connectivity index (χ3n) is 8.79. The quantitative estimate of drug-likeness (QED) is 0.373. The van der Waals surface area contributed by atoms with Gasteiger partial charge in [-0.1, -0.05) is 98.6 Å². The Bertz CT molecular complexity index is 1110. The van der Waals surface area contributed by atoms with Crippen molar-refractivity contribution in [2.75, 3.05) is 7.05 Å². The third-order valence-corrected chi connectivity index (χ3v) is 8.79. The van der Waals surface area contributed by atoms with Gasteiger partial charge in [-0.2, -0.15) is 0 Å². The van der Waals surface area contributed by atoms with Gasteiger partial charge in [-0.15, -0.1) is 0 Å². The van der Waals surface area contributed by atoms with Crippen LogP contribution < -0.4 is 16.0 Å². The lowest BCUT2D eigenvalue weighted by molar-refractivity contribution is -0.163. The Hall–Kier alpha value is -3.43. The third kappa shape index (κ3) is 9.28. The molecule has 0 radical (unpaired) electrons. The van der Waals surface area contributed by atoms with E-state index in [2.05, 4.69) is 16.0 Å². The molecule has 1 heterocycles. The van der Waals surface area contributed by atoms with Crippen molar-refractivity contribution in [3.05, 3.63) is 35.9 Å². The van der Waals surface area contributed by atoms with Crippen LogP contribution in [0.1, 0.15) is 80.2 Å². The summed E-state index contributed by atoms with van der Waals surface area (Å²) in [5, 5.41) is 8.56. The molecule has 0 bridgehead atoms. The van der Waals surface area contributed by atoms with Crippen molar-refractivity contribution in [3.8, 4) is 0 Å². The second-order valence-electron chi connectivity index (χ2n) is 12.4. The molecule has 1 saturated heterocycles. The van der Waals surface area contributed by atoms with Crippen LogP contribution >= 0.6 is 0 Å².